The van der Waals surface area contributed by atoms with Gasteiger partial charge in [0.15, 0.2) is 11.5 Å². The summed E-state index contributed by atoms with van der Waals surface area (Å²) in [5.41, 5.74) is 0.899. The molecule has 0 amide bonds. The summed E-state index contributed by atoms with van der Waals surface area (Å²) in [7, 11) is 4.54. The number of carbonyl (C=O) groups is 1. The molecule has 0 bridgehead atoms. The number of carbonyl (C=O) groups excluding carboxylic acids is 1. The highest BCUT2D eigenvalue weighted by Gasteiger charge is 2.11. The number of rotatable bonds is 7. The fourth-order valence-electron chi connectivity index (χ4n) is 2.18. The summed E-state index contributed by atoms with van der Waals surface area (Å²) < 4.78 is 35.1. The molecule has 2 aromatic carbocycles. The molecule has 0 spiro atoms. The predicted octanol–water partition coefficient (Wildman–Crippen LogP) is 4.37. The van der Waals surface area contributed by atoms with Crippen LogP contribution in [0, 0.1) is 5.82 Å². The van der Waals surface area contributed by atoms with Crippen LogP contribution in [-0.4, -0.2) is 27.3 Å². The predicted molar refractivity (Wildman–Crippen MR) is 99.0 cm³/mol. The van der Waals surface area contributed by atoms with E-state index in [9.17, 15) is 9.18 Å². The van der Waals surface area contributed by atoms with Gasteiger partial charge in [0.25, 0.3) is 0 Å². The second kappa shape index (κ2) is 9.24. The molecule has 0 saturated carbocycles. The Morgan fingerprint density at radius 3 is 2.31 bits per heavy atom. The van der Waals surface area contributed by atoms with Gasteiger partial charge in [-0.3, -0.25) is 0 Å². The van der Waals surface area contributed by atoms with E-state index in [1.807, 2.05) is 0 Å². The van der Waals surface area contributed by atoms with Crippen LogP contribution in [-0.2, 0) is 16.1 Å². The number of benzene rings is 2. The number of ether oxygens (including phenoxy) is 4. The summed E-state index contributed by atoms with van der Waals surface area (Å²) in [6, 6.07) is 7.87. The van der Waals surface area contributed by atoms with E-state index in [-0.39, 0.29) is 6.61 Å². The maximum absolute atomic E-state index is 13.7. The topological polar surface area (TPSA) is 54.0 Å². The van der Waals surface area contributed by atoms with Gasteiger partial charge in [-0.2, -0.15) is 0 Å². The molecule has 0 atom stereocenters. The van der Waals surface area contributed by atoms with E-state index >= 15 is 0 Å². The first-order valence-corrected chi connectivity index (χ1v) is 8.36. The zero-order valence-corrected chi connectivity index (χ0v) is 16.1. The Balaban J connectivity index is 2.09. The molecule has 0 aromatic heterocycles. The Bertz CT molecular complexity index is 820. The molecule has 7 heteroatoms. The van der Waals surface area contributed by atoms with E-state index in [2.05, 4.69) is 15.9 Å². The number of hydrogen-bond donors (Lipinski definition) is 0. The Morgan fingerprint density at radius 1 is 1.04 bits per heavy atom. The maximum Gasteiger partial charge on any atom is 0.331 e. The van der Waals surface area contributed by atoms with Gasteiger partial charge in [-0.1, -0.05) is 22.0 Å². The number of methoxy groups -OCH3 is 3. The van der Waals surface area contributed by atoms with E-state index in [4.69, 9.17) is 18.9 Å². The SMILES string of the molecule is COc1cc(OC)c(OC)cc1/C=C/C(=O)OCc1ccc(Br)cc1F. The molecule has 0 unspecified atom stereocenters. The van der Waals surface area contributed by atoms with E-state index < -0.39 is 11.8 Å². The van der Waals surface area contributed by atoms with Crippen LogP contribution in [0.3, 0.4) is 0 Å². The zero-order valence-electron chi connectivity index (χ0n) is 14.5. The summed E-state index contributed by atoms with van der Waals surface area (Å²) in [6.07, 6.45) is 2.77. The van der Waals surface area contributed by atoms with E-state index in [1.165, 1.54) is 39.5 Å². The van der Waals surface area contributed by atoms with Crippen molar-refractivity contribution in [3.63, 3.8) is 0 Å². The first-order chi connectivity index (χ1) is 12.5. The molecule has 0 N–H and O–H groups in total. The first-order valence-electron chi connectivity index (χ1n) is 7.57. The van der Waals surface area contributed by atoms with Gasteiger partial charge < -0.3 is 18.9 Å². The van der Waals surface area contributed by atoms with Gasteiger partial charge in [0.2, 0.25) is 0 Å². The third-order valence-corrected chi connectivity index (χ3v) is 4.01. The fourth-order valence-corrected chi connectivity index (χ4v) is 2.51. The average Bonchev–Trinajstić information content (AvgIpc) is 2.64. The van der Waals surface area contributed by atoms with Crippen molar-refractivity contribution in [1.82, 2.24) is 0 Å². The van der Waals surface area contributed by atoms with Crippen molar-refractivity contribution in [3.05, 3.63) is 57.8 Å². The minimum absolute atomic E-state index is 0.161. The van der Waals surface area contributed by atoms with Crippen molar-refractivity contribution in [3.8, 4) is 17.2 Å². The molecule has 0 heterocycles. The van der Waals surface area contributed by atoms with E-state index in [1.54, 1.807) is 24.3 Å². The van der Waals surface area contributed by atoms with Crippen LogP contribution in [0.5, 0.6) is 17.2 Å². The van der Waals surface area contributed by atoms with Crippen LogP contribution in [0.2, 0.25) is 0 Å². The summed E-state index contributed by atoms with van der Waals surface area (Å²) in [5.74, 6) is 0.459. The van der Waals surface area contributed by atoms with Crippen LogP contribution in [0.25, 0.3) is 6.08 Å². The second-order valence-corrected chi connectivity index (χ2v) is 6.04. The van der Waals surface area contributed by atoms with Crippen LogP contribution in [0.15, 0.2) is 40.9 Å². The van der Waals surface area contributed by atoms with Crippen LogP contribution < -0.4 is 14.2 Å². The number of hydrogen-bond acceptors (Lipinski definition) is 5. The second-order valence-electron chi connectivity index (χ2n) is 5.13. The summed E-state index contributed by atoms with van der Waals surface area (Å²) >= 11 is 3.17. The smallest absolute Gasteiger partial charge is 0.331 e. The van der Waals surface area contributed by atoms with Crippen LogP contribution in [0.1, 0.15) is 11.1 Å². The first kappa shape index (κ1) is 19.8. The lowest BCUT2D eigenvalue weighted by atomic mass is 10.1. The molecule has 0 radical (unpaired) electrons. The largest absolute Gasteiger partial charge is 0.496 e. The lowest BCUT2D eigenvalue weighted by Crippen LogP contribution is -2.02. The maximum atomic E-state index is 13.7. The van der Waals surface area contributed by atoms with Crippen molar-refractivity contribution in [2.45, 2.75) is 6.61 Å². The molecular weight excluding hydrogens is 407 g/mol. The number of halogens is 2. The minimum atomic E-state index is -0.607. The minimum Gasteiger partial charge on any atom is -0.496 e. The van der Waals surface area contributed by atoms with Crippen molar-refractivity contribution in [2.24, 2.45) is 0 Å². The zero-order chi connectivity index (χ0) is 19.1. The molecule has 2 rings (SSSR count). The molecular formula is C19H18BrFO5. The molecule has 138 valence electrons. The van der Waals surface area contributed by atoms with Crippen LogP contribution in [0.4, 0.5) is 4.39 Å². The van der Waals surface area contributed by atoms with Crippen molar-refractivity contribution < 1.29 is 28.1 Å². The monoisotopic (exact) mass is 424 g/mol. The summed E-state index contributed by atoms with van der Waals surface area (Å²) in [5, 5.41) is 0. The highest BCUT2D eigenvalue weighted by Crippen LogP contribution is 2.35. The van der Waals surface area contributed by atoms with Crippen molar-refractivity contribution in [2.75, 3.05) is 21.3 Å². The summed E-state index contributed by atoms with van der Waals surface area (Å²) in [4.78, 5) is 11.9. The Hall–Kier alpha value is -2.54. The average molecular weight is 425 g/mol. The van der Waals surface area contributed by atoms with E-state index in [0.29, 0.717) is 32.8 Å². The molecule has 2 aromatic rings. The molecule has 26 heavy (non-hydrogen) atoms. The Labute approximate surface area is 159 Å². The molecule has 0 fully saturated rings. The molecule has 5 nitrogen and oxygen atoms in total. The van der Waals surface area contributed by atoms with Gasteiger partial charge in [0.1, 0.15) is 18.2 Å². The van der Waals surface area contributed by atoms with Crippen molar-refractivity contribution >= 4 is 28.0 Å². The number of esters is 1. The normalized spacial score (nSPS) is 10.7. The van der Waals surface area contributed by atoms with Gasteiger partial charge in [0.05, 0.1) is 21.3 Å². The molecule has 0 aliphatic heterocycles. The molecule has 0 aliphatic rings. The highest BCUT2D eigenvalue weighted by molar-refractivity contribution is 9.10. The third kappa shape index (κ3) is 4.98. The third-order valence-electron chi connectivity index (χ3n) is 3.52. The van der Waals surface area contributed by atoms with Gasteiger partial charge >= 0.3 is 5.97 Å². The Kier molecular flexibility index (Phi) is 7.03. The van der Waals surface area contributed by atoms with Gasteiger partial charge in [-0.25, -0.2) is 9.18 Å². The lowest BCUT2D eigenvalue weighted by Gasteiger charge is -2.12. The Morgan fingerprint density at radius 2 is 1.69 bits per heavy atom. The fraction of sp³-hybridized carbons (Fsp3) is 0.211. The van der Waals surface area contributed by atoms with Gasteiger partial charge in [0, 0.05) is 27.7 Å². The van der Waals surface area contributed by atoms with Gasteiger partial charge in [-0.05, 0) is 24.3 Å². The van der Waals surface area contributed by atoms with Crippen molar-refractivity contribution in [1.29, 1.82) is 0 Å². The molecule has 0 aliphatic carbocycles. The van der Waals surface area contributed by atoms with Crippen LogP contribution >= 0.6 is 15.9 Å². The summed E-state index contributed by atoms with van der Waals surface area (Å²) in [6.45, 7) is -0.161. The standard InChI is InChI=1S/C19H18BrFO5/c1-23-16-10-18(25-3)17(24-2)8-12(16)5-7-19(22)26-11-13-4-6-14(20)9-15(13)21/h4-10H,11H2,1-3H3/b7-5+. The lowest BCUT2D eigenvalue weighted by molar-refractivity contribution is -0.138. The molecule has 0 saturated heterocycles. The van der Waals surface area contributed by atoms with Gasteiger partial charge in [-0.15, -0.1) is 0 Å². The quantitative estimate of drug-likeness (QED) is 0.487. The highest BCUT2D eigenvalue weighted by atomic mass is 79.9. The van der Waals surface area contributed by atoms with E-state index in [0.717, 1.165) is 0 Å².